The summed E-state index contributed by atoms with van der Waals surface area (Å²) in [6.07, 6.45) is 6.55. The highest BCUT2D eigenvalue weighted by Crippen LogP contribution is 2.41. The molecule has 0 bridgehead atoms. The average molecular weight is 594 g/mol. The van der Waals surface area contributed by atoms with Gasteiger partial charge in [-0.15, -0.1) is 0 Å². The van der Waals surface area contributed by atoms with Crippen molar-refractivity contribution in [2.24, 2.45) is 4.99 Å². The molecular weight excluding hydrogens is 562 g/mol. The zero-order chi connectivity index (χ0) is 29.9. The number of nitrogens with zero attached hydrogens (tertiary/aromatic N) is 3. The van der Waals surface area contributed by atoms with Crippen molar-refractivity contribution in [2.45, 2.75) is 39.2 Å². The molecule has 0 radical (unpaired) electrons. The van der Waals surface area contributed by atoms with Crippen LogP contribution < -0.4 is 24.4 Å². The van der Waals surface area contributed by atoms with E-state index in [-0.39, 0.29) is 17.3 Å². The summed E-state index contributed by atoms with van der Waals surface area (Å²) >= 11 is 1.31. The third-order valence-electron chi connectivity index (χ3n) is 7.55. The second-order valence-corrected chi connectivity index (χ2v) is 11.3. The van der Waals surface area contributed by atoms with Crippen LogP contribution in [0.3, 0.4) is 0 Å². The van der Waals surface area contributed by atoms with Gasteiger partial charge in [0.15, 0.2) is 4.80 Å². The number of nitro benzene ring substituents is 1. The fourth-order valence-electron chi connectivity index (χ4n) is 5.68. The maximum atomic E-state index is 14.0. The van der Waals surface area contributed by atoms with E-state index in [1.54, 1.807) is 22.8 Å². The zero-order valence-corrected chi connectivity index (χ0v) is 24.8. The van der Waals surface area contributed by atoms with Gasteiger partial charge in [0.1, 0.15) is 11.5 Å². The van der Waals surface area contributed by atoms with Crippen molar-refractivity contribution in [3.05, 3.63) is 136 Å². The van der Waals surface area contributed by atoms with E-state index < -0.39 is 4.92 Å². The van der Waals surface area contributed by atoms with Crippen molar-refractivity contribution in [1.29, 1.82) is 0 Å². The van der Waals surface area contributed by atoms with Crippen molar-refractivity contribution < 1.29 is 14.4 Å². The highest BCUT2D eigenvalue weighted by molar-refractivity contribution is 7.07. The van der Waals surface area contributed by atoms with Crippen LogP contribution in [0, 0.1) is 10.1 Å². The predicted octanol–water partition coefficient (Wildman–Crippen LogP) is 6.19. The summed E-state index contributed by atoms with van der Waals surface area (Å²) in [5.41, 5.74) is 5.64. The van der Waals surface area contributed by atoms with Crippen LogP contribution in [-0.4, -0.2) is 22.7 Å². The Kier molecular flexibility index (Phi) is 8.07. The van der Waals surface area contributed by atoms with Crippen molar-refractivity contribution >= 4 is 29.2 Å². The molecule has 0 spiro atoms. The van der Waals surface area contributed by atoms with Gasteiger partial charge in [-0.05, 0) is 97.4 Å². The van der Waals surface area contributed by atoms with E-state index in [0.29, 0.717) is 28.1 Å². The molecule has 43 heavy (non-hydrogen) atoms. The van der Waals surface area contributed by atoms with E-state index in [4.69, 9.17) is 14.5 Å². The molecule has 1 unspecified atom stereocenters. The van der Waals surface area contributed by atoms with E-state index in [1.165, 1.54) is 23.5 Å². The normalized spacial score (nSPS) is 17.3. The molecule has 0 fully saturated rings. The lowest BCUT2D eigenvalue weighted by atomic mass is 9.84. The predicted molar refractivity (Wildman–Crippen MR) is 168 cm³/mol. The second kappa shape index (κ2) is 12.2. The van der Waals surface area contributed by atoms with Crippen LogP contribution in [0.5, 0.6) is 11.5 Å². The number of non-ortho nitro benzene ring substituents is 1. The fourth-order valence-corrected chi connectivity index (χ4v) is 6.68. The van der Waals surface area contributed by atoms with Gasteiger partial charge in [-0.25, -0.2) is 4.99 Å². The minimum absolute atomic E-state index is 0.0201. The molecule has 8 nitrogen and oxygen atoms in total. The topological polar surface area (TPSA) is 96.0 Å². The van der Waals surface area contributed by atoms with Gasteiger partial charge in [0, 0.05) is 12.1 Å². The molecule has 0 amide bonds. The maximum Gasteiger partial charge on any atom is 0.271 e. The number of hydrogen-bond donors (Lipinski definition) is 0. The molecule has 4 aromatic rings. The fraction of sp³-hybridized carbons (Fsp3) is 0.235. The molecule has 1 aliphatic heterocycles. The molecule has 0 N–H and O–H groups in total. The Morgan fingerprint density at radius 3 is 2.33 bits per heavy atom. The van der Waals surface area contributed by atoms with Crippen molar-refractivity contribution in [3.63, 3.8) is 0 Å². The Hall–Kier alpha value is -4.76. The number of nitro groups is 1. The molecule has 218 valence electrons. The molecule has 9 heteroatoms. The quantitative estimate of drug-likeness (QED) is 0.179. The van der Waals surface area contributed by atoms with Crippen LogP contribution in [0.4, 0.5) is 5.69 Å². The van der Waals surface area contributed by atoms with E-state index in [0.717, 1.165) is 58.7 Å². The van der Waals surface area contributed by atoms with Crippen LogP contribution in [0.2, 0.25) is 0 Å². The third-order valence-corrected chi connectivity index (χ3v) is 8.53. The summed E-state index contributed by atoms with van der Waals surface area (Å²) < 4.78 is 13.6. The van der Waals surface area contributed by atoms with E-state index in [9.17, 15) is 14.9 Å². The number of allylic oxidation sites excluding steroid dienone is 2. The molecule has 1 aliphatic carbocycles. The lowest BCUT2D eigenvalue weighted by molar-refractivity contribution is -0.384. The molecule has 2 heterocycles. The molecule has 2 aliphatic rings. The number of ether oxygens (including phenoxy) is 2. The molecule has 3 aromatic carbocycles. The summed E-state index contributed by atoms with van der Waals surface area (Å²) in [6, 6.07) is 22.0. The van der Waals surface area contributed by atoms with Gasteiger partial charge in [0.05, 0.1) is 34.4 Å². The Labute approximate surface area is 252 Å². The van der Waals surface area contributed by atoms with Gasteiger partial charge in [0.2, 0.25) is 0 Å². The number of thiazole rings is 1. The molecule has 0 saturated heterocycles. The van der Waals surface area contributed by atoms with Gasteiger partial charge in [-0.1, -0.05) is 47.7 Å². The molecule has 6 rings (SSSR count). The highest BCUT2D eigenvalue weighted by Gasteiger charge is 2.32. The summed E-state index contributed by atoms with van der Waals surface area (Å²) in [5, 5.41) is 11.3. The number of aromatic nitrogens is 1. The first-order valence-corrected chi connectivity index (χ1v) is 15.2. The van der Waals surface area contributed by atoms with Crippen molar-refractivity contribution in [2.75, 3.05) is 13.2 Å². The SMILES string of the molecule is CCOc1ccc(C=C2CCCC3=C2N=c2sc(=Cc4cccc([N+](=O)[O-])c4)c(=O)n2C3c2ccc(OCC)cc2)cc1. The number of rotatable bonds is 8. The lowest BCUT2D eigenvalue weighted by Gasteiger charge is -2.31. The van der Waals surface area contributed by atoms with Gasteiger partial charge < -0.3 is 9.47 Å². The minimum atomic E-state index is -0.433. The zero-order valence-electron chi connectivity index (χ0n) is 24.0. The van der Waals surface area contributed by atoms with Crippen molar-refractivity contribution in [3.8, 4) is 11.5 Å². The number of benzene rings is 3. The van der Waals surface area contributed by atoms with E-state index in [1.807, 2.05) is 62.4 Å². The Morgan fingerprint density at radius 2 is 1.65 bits per heavy atom. The summed E-state index contributed by atoms with van der Waals surface area (Å²) in [5.74, 6) is 1.61. The maximum absolute atomic E-state index is 14.0. The number of hydrogen-bond acceptors (Lipinski definition) is 7. The van der Waals surface area contributed by atoms with Gasteiger partial charge in [-0.2, -0.15) is 0 Å². The van der Waals surface area contributed by atoms with Gasteiger partial charge in [-0.3, -0.25) is 19.5 Å². The van der Waals surface area contributed by atoms with Crippen LogP contribution in [-0.2, 0) is 0 Å². The Morgan fingerprint density at radius 1 is 0.953 bits per heavy atom. The van der Waals surface area contributed by atoms with E-state index in [2.05, 4.69) is 6.08 Å². The van der Waals surface area contributed by atoms with Crippen LogP contribution >= 0.6 is 11.3 Å². The molecule has 0 saturated carbocycles. The first-order valence-electron chi connectivity index (χ1n) is 14.4. The average Bonchev–Trinajstić information content (AvgIpc) is 3.32. The monoisotopic (exact) mass is 593 g/mol. The summed E-state index contributed by atoms with van der Waals surface area (Å²) in [6.45, 7) is 5.10. The molecular formula is C34H31N3O5S. The Balaban J connectivity index is 1.51. The summed E-state index contributed by atoms with van der Waals surface area (Å²) in [4.78, 5) is 30.6. The minimum Gasteiger partial charge on any atom is -0.494 e. The van der Waals surface area contributed by atoms with Gasteiger partial charge >= 0.3 is 0 Å². The van der Waals surface area contributed by atoms with Crippen LogP contribution in [0.25, 0.3) is 12.2 Å². The smallest absolute Gasteiger partial charge is 0.271 e. The number of fused-ring (bicyclic) bond motifs is 1. The highest BCUT2D eigenvalue weighted by atomic mass is 32.1. The molecule has 1 atom stereocenters. The van der Waals surface area contributed by atoms with Crippen LogP contribution in [0.15, 0.2) is 99.4 Å². The Bertz CT molecular complexity index is 1920. The standard InChI is InChI=1S/C34H31N3O5S/c1-3-41-27-15-11-22(12-16-27)19-25-8-6-10-29-31(25)35-34-36(32(29)24-13-17-28(18-14-24)42-4-2)33(38)30(43-34)21-23-7-5-9-26(20-23)37(39)40/h5,7,9,11-21,32H,3-4,6,8,10H2,1-2H3. The molecule has 1 aromatic heterocycles. The first-order chi connectivity index (χ1) is 20.9. The van der Waals surface area contributed by atoms with Gasteiger partial charge in [0.25, 0.3) is 11.2 Å². The lowest BCUT2D eigenvalue weighted by Crippen LogP contribution is -2.39. The largest absolute Gasteiger partial charge is 0.494 e. The third kappa shape index (κ3) is 5.81. The summed E-state index contributed by atoms with van der Waals surface area (Å²) in [7, 11) is 0. The first kappa shape index (κ1) is 28.4. The second-order valence-electron chi connectivity index (χ2n) is 10.3. The van der Waals surface area contributed by atoms with Crippen molar-refractivity contribution in [1.82, 2.24) is 4.57 Å². The van der Waals surface area contributed by atoms with E-state index >= 15 is 0 Å². The van der Waals surface area contributed by atoms with Crippen LogP contribution in [0.1, 0.15) is 55.8 Å².